The Balaban J connectivity index is 2.71. The van der Waals surface area contributed by atoms with E-state index in [2.05, 4.69) is 0 Å². The number of hydrogen-bond donors (Lipinski definition) is 2. The van der Waals surface area contributed by atoms with E-state index >= 15 is 0 Å². The third kappa shape index (κ3) is 1.30. The molecule has 1 rings (SSSR count). The van der Waals surface area contributed by atoms with Crippen LogP contribution in [0.5, 0.6) is 0 Å². The highest BCUT2D eigenvalue weighted by Gasteiger charge is 2.41. The summed E-state index contributed by atoms with van der Waals surface area (Å²) in [6.07, 6.45) is -0.421. The van der Waals surface area contributed by atoms with E-state index < -0.39 is 11.7 Å². The van der Waals surface area contributed by atoms with Crippen molar-refractivity contribution in [2.45, 2.75) is 31.9 Å². The number of aliphatic hydroxyl groups is 1. The van der Waals surface area contributed by atoms with Crippen molar-refractivity contribution in [3.63, 3.8) is 0 Å². The number of carboxylic acid groups (broad SMARTS) is 1. The maximum atomic E-state index is 10.5. The molecule has 0 bridgehead atoms. The number of carbonyl (C=O) groups is 1. The Morgan fingerprint density at radius 1 is 1.73 bits per heavy atom. The van der Waals surface area contributed by atoms with E-state index in [1.165, 1.54) is 4.90 Å². The zero-order chi connectivity index (χ0) is 8.65. The van der Waals surface area contributed by atoms with Crippen LogP contribution in [0.1, 0.15) is 20.3 Å². The monoisotopic (exact) mass is 159 g/mol. The standard InChI is InChI=1S/C7H13NO3/c1-5-7(2,11)3-4-8(5)6(9)10/h5,11H,3-4H2,1-2H3,(H,9,10). The average Bonchev–Trinajstić information content (AvgIpc) is 2.09. The molecule has 0 aromatic heterocycles. The highest BCUT2D eigenvalue weighted by molar-refractivity contribution is 5.66. The largest absolute Gasteiger partial charge is 0.465 e. The summed E-state index contributed by atoms with van der Waals surface area (Å²) in [4.78, 5) is 11.8. The van der Waals surface area contributed by atoms with Gasteiger partial charge in [-0.3, -0.25) is 0 Å². The zero-order valence-electron chi connectivity index (χ0n) is 6.74. The molecule has 2 N–H and O–H groups in total. The molecule has 0 aromatic rings. The van der Waals surface area contributed by atoms with Gasteiger partial charge in [0.15, 0.2) is 0 Å². The Bertz CT molecular complexity index is 179. The van der Waals surface area contributed by atoms with E-state index in [-0.39, 0.29) is 6.04 Å². The molecule has 2 unspecified atom stereocenters. The lowest BCUT2D eigenvalue weighted by Crippen LogP contribution is -2.42. The van der Waals surface area contributed by atoms with Gasteiger partial charge in [0.25, 0.3) is 0 Å². The van der Waals surface area contributed by atoms with Gasteiger partial charge in [-0.25, -0.2) is 4.79 Å². The van der Waals surface area contributed by atoms with Gasteiger partial charge >= 0.3 is 6.09 Å². The fourth-order valence-electron chi connectivity index (χ4n) is 1.35. The number of amides is 1. The highest BCUT2D eigenvalue weighted by atomic mass is 16.4. The molecule has 0 aliphatic carbocycles. The molecule has 4 heteroatoms. The Kier molecular flexibility index (Phi) is 1.80. The predicted molar refractivity (Wildman–Crippen MR) is 39.4 cm³/mol. The van der Waals surface area contributed by atoms with Gasteiger partial charge in [-0.15, -0.1) is 0 Å². The maximum absolute atomic E-state index is 10.5. The lowest BCUT2D eigenvalue weighted by Gasteiger charge is -2.25. The first-order chi connectivity index (χ1) is 4.95. The number of hydrogen-bond acceptors (Lipinski definition) is 2. The van der Waals surface area contributed by atoms with Gasteiger partial charge in [0.05, 0.1) is 11.6 Å². The van der Waals surface area contributed by atoms with Crippen molar-refractivity contribution in [3.05, 3.63) is 0 Å². The minimum Gasteiger partial charge on any atom is -0.465 e. The van der Waals surface area contributed by atoms with Gasteiger partial charge in [0.2, 0.25) is 0 Å². The first-order valence-corrected chi connectivity index (χ1v) is 3.67. The Hall–Kier alpha value is -0.770. The molecule has 1 saturated heterocycles. The van der Waals surface area contributed by atoms with Crippen LogP contribution in [0, 0.1) is 0 Å². The van der Waals surface area contributed by atoms with E-state index in [0.717, 1.165) is 0 Å². The van der Waals surface area contributed by atoms with Crippen molar-refractivity contribution in [2.24, 2.45) is 0 Å². The van der Waals surface area contributed by atoms with Crippen molar-refractivity contribution >= 4 is 6.09 Å². The molecule has 1 fully saturated rings. The van der Waals surface area contributed by atoms with Crippen LogP contribution < -0.4 is 0 Å². The van der Waals surface area contributed by atoms with Crippen molar-refractivity contribution in [2.75, 3.05) is 6.54 Å². The summed E-state index contributed by atoms with van der Waals surface area (Å²) in [5.41, 5.74) is -0.849. The van der Waals surface area contributed by atoms with E-state index in [4.69, 9.17) is 5.11 Å². The van der Waals surface area contributed by atoms with Gasteiger partial charge in [-0.05, 0) is 20.3 Å². The topological polar surface area (TPSA) is 60.8 Å². The second-order valence-corrected chi connectivity index (χ2v) is 3.26. The second-order valence-electron chi connectivity index (χ2n) is 3.26. The lowest BCUT2D eigenvalue weighted by atomic mass is 9.99. The quantitative estimate of drug-likeness (QED) is 0.541. The molecule has 1 amide bonds. The molecule has 1 heterocycles. The average molecular weight is 159 g/mol. The zero-order valence-corrected chi connectivity index (χ0v) is 6.74. The minimum atomic E-state index is -0.949. The fourth-order valence-corrected chi connectivity index (χ4v) is 1.35. The van der Waals surface area contributed by atoms with Crippen molar-refractivity contribution in [3.8, 4) is 0 Å². The third-order valence-electron chi connectivity index (χ3n) is 2.47. The van der Waals surface area contributed by atoms with Crippen LogP contribution in [0.15, 0.2) is 0 Å². The molecule has 2 atom stereocenters. The molecule has 0 spiro atoms. The predicted octanol–water partition coefficient (Wildman–Crippen LogP) is 0.510. The molecule has 0 saturated carbocycles. The van der Waals surface area contributed by atoms with E-state index in [1.54, 1.807) is 13.8 Å². The van der Waals surface area contributed by atoms with Crippen LogP contribution in [0.2, 0.25) is 0 Å². The number of nitrogens with zero attached hydrogens (tertiary/aromatic N) is 1. The molecule has 64 valence electrons. The Labute approximate surface area is 65.4 Å². The highest BCUT2D eigenvalue weighted by Crippen LogP contribution is 2.27. The van der Waals surface area contributed by atoms with Crippen LogP contribution in [-0.4, -0.2) is 39.4 Å². The van der Waals surface area contributed by atoms with Gasteiger partial charge in [0, 0.05) is 6.54 Å². The van der Waals surface area contributed by atoms with Crippen molar-refractivity contribution < 1.29 is 15.0 Å². The van der Waals surface area contributed by atoms with Crippen molar-refractivity contribution in [1.82, 2.24) is 4.90 Å². The normalized spacial score (nSPS) is 37.7. The van der Waals surface area contributed by atoms with Crippen LogP contribution >= 0.6 is 0 Å². The summed E-state index contributed by atoms with van der Waals surface area (Å²) in [5.74, 6) is 0. The lowest BCUT2D eigenvalue weighted by molar-refractivity contribution is 0.0292. The van der Waals surface area contributed by atoms with Gasteiger partial charge in [-0.2, -0.15) is 0 Å². The summed E-state index contributed by atoms with van der Waals surface area (Å²) < 4.78 is 0. The van der Waals surface area contributed by atoms with E-state index in [1.807, 2.05) is 0 Å². The summed E-state index contributed by atoms with van der Waals surface area (Å²) in [6, 6.07) is -0.292. The van der Waals surface area contributed by atoms with Crippen LogP contribution in [0.4, 0.5) is 4.79 Å². The summed E-state index contributed by atoms with van der Waals surface area (Å²) in [6.45, 7) is 3.82. The number of likely N-dealkylation sites (tertiary alicyclic amines) is 1. The molecule has 4 nitrogen and oxygen atoms in total. The van der Waals surface area contributed by atoms with Crippen molar-refractivity contribution in [1.29, 1.82) is 0 Å². The van der Waals surface area contributed by atoms with Crippen LogP contribution in [0.3, 0.4) is 0 Å². The smallest absolute Gasteiger partial charge is 0.407 e. The first kappa shape index (κ1) is 8.33. The number of rotatable bonds is 0. The Morgan fingerprint density at radius 2 is 2.27 bits per heavy atom. The molecule has 0 radical (unpaired) electrons. The maximum Gasteiger partial charge on any atom is 0.407 e. The van der Waals surface area contributed by atoms with E-state index in [9.17, 15) is 9.90 Å². The van der Waals surface area contributed by atoms with Crippen LogP contribution in [0.25, 0.3) is 0 Å². The first-order valence-electron chi connectivity index (χ1n) is 3.67. The van der Waals surface area contributed by atoms with Gasteiger partial charge < -0.3 is 15.1 Å². The fraction of sp³-hybridized carbons (Fsp3) is 0.857. The molecule has 11 heavy (non-hydrogen) atoms. The summed E-state index contributed by atoms with van der Waals surface area (Å²) in [5, 5.41) is 18.2. The molecular weight excluding hydrogens is 146 g/mol. The summed E-state index contributed by atoms with van der Waals surface area (Å²) >= 11 is 0. The van der Waals surface area contributed by atoms with E-state index in [0.29, 0.717) is 13.0 Å². The molecule has 1 aliphatic rings. The Morgan fingerprint density at radius 3 is 2.45 bits per heavy atom. The molecule has 1 aliphatic heterocycles. The summed E-state index contributed by atoms with van der Waals surface area (Å²) in [7, 11) is 0. The van der Waals surface area contributed by atoms with Gasteiger partial charge in [0.1, 0.15) is 0 Å². The minimum absolute atomic E-state index is 0.292. The molecular formula is C7H13NO3. The second kappa shape index (κ2) is 2.37. The van der Waals surface area contributed by atoms with Gasteiger partial charge in [-0.1, -0.05) is 0 Å². The molecule has 0 aromatic carbocycles. The van der Waals surface area contributed by atoms with Crippen LogP contribution in [-0.2, 0) is 0 Å². The SMILES string of the molecule is CC1N(C(=O)O)CCC1(C)O. The third-order valence-corrected chi connectivity index (χ3v) is 2.47.